The standard InChI is InChI=1S/C15H22N2O4/c1-20-11-3-4-13(14(8-11)21-2)17-6-5-10(9-17)7-12(16)15(18)19/h3-4,8,10,12H,5-7,9,16H2,1-2H3,(H,18,19). The molecule has 0 bridgehead atoms. The van der Waals surface area contributed by atoms with Crippen molar-refractivity contribution in [2.75, 3.05) is 32.2 Å². The average Bonchev–Trinajstić information content (AvgIpc) is 2.94. The molecular weight excluding hydrogens is 272 g/mol. The van der Waals surface area contributed by atoms with Crippen LogP contribution in [0.4, 0.5) is 5.69 Å². The third-order valence-electron chi connectivity index (χ3n) is 3.92. The molecule has 3 N–H and O–H groups in total. The van der Waals surface area contributed by atoms with Crippen molar-refractivity contribution in [1.82, 2.24) is 0 Å². The first kappa shape index (κ1) is 15.4. The number of benzene rings is 1. The Morgan fingerprint density at radius 3 is 2.86 bits per heavy atom. The summed E-state index contributed by atoms with van der Waals surface area (Å²) in [5.74, 6) is 0.871. The van der Waals surface area contributed by atoms with E-state index in [4.69, 9.17) is 20.3 Å². The van der Waals surface area contributed by atoms with Gasteiger partial charge in [0.1, 0.15) is 17.5 Å². The Labute approximate surface area is 124 Å². The maximum atomic E-state index is 10.8. The number of anilines is 1. The highest BCUT2D eigenvalue weighted by Gasteiger charge is 2.28. The van der Waals surface area contributed by atoms with Crippen LogP contribution in [0, 0.1) is 5.92 Å². The summed E-state index contributed by atoms with van der Waals surface area (Å²) in [5, 5.41) is 8.89. The van der Waals surface area contributed by atoms with Crippen LogP contribution in [0.5, 0.6) is 11.5 Å². The van der Waals surface area contributed by atoms with E-state index in [2.05, 4.69) is 4.90 Å². The Morgan fingerprint density at radius 1 is 1.48 bits per heavy atom. The predicted molar refractivity (Wildman–Crippen MR) is 80.1 cm³/mol. The Kier molecular flexibility index (Phi) is 4.90. The smallest absolute Gasteiger partial charge is 0.320 e. The quantitative estimate of drug-likeness (QED) is 0.823. The number of carbonyl (C=O) groups is 1. The number of aliphatic carboxylic acids is 1. The van der Waals surface area contributed by atoms with Crippen LogP contribution >= 0.6 is 0 Å². The minimum absolute atomic E-state index is 0.294. The van der Waals surface area contributed by atoms with Crippen LogP contribution in [-0.4, -0.2) is 44.4 Å². The Morgan fingerprint density at radius 2 is 2.24 bits per heavy atom. The molecule has 0 aromatic heterocycles. The summed E-state index contributed by atoms with van der Waals surface area (Å²) in [6.45, 7) is 1.67. The van der Waals surface area contributed by atoms with Crippen molar-refractivity contribution in [2.45, 2.75) is 18.9 Å². The summed E-state index contributed by atoms with van der Waals surface area (Å²) in [6, 6.07) is 4.93. The van der Waals surface area contributed by atoms with E-state index in [0.29, 0.717) is 12.3 Å². The van der Waals surface area contributed by atoms with Crippen LogP contribution in [0.1, 0.15) is 12.8 Å². The number of ether oxygens (including phenoxy) is 2. The lowest BCUT2D eigenvalue weighted by atomic mass is 10.00. The minimum Gasteiger partial charge on any atom is -0.497 e. The summed E-state index contributed by atoms with van der Waals surface area (Å²) in [5.41, 5.74) is 6.62. The SMILES string of the molecule is COc1ccc(N2CCC(CC(N)C(=O)O)C2)c(OC)c1. The van der Waals surface area contributed by atoms with Crippen molar-refractivity contribution in [3.63, 3.8) is 0 Å². The van der Waals surface area contributed by atoms with Crippen LogP contribution in [0.2, 0.25) is 0 Å². The van der Waals surface area contributed by atoms with Crippen molar-refractivity contribution >= 4 is 11.7 Å². The van der Waals surface area contributed by atoms with Gasteiger partial charge in [0, 0.05) is 19.2 Å². The predicted octanol–water partition coefficient (Wildman–Crippen LogP) is 1.33. The Bertz CT molecular complexity index is 506. The number of carboxylic acid groups (broad SMARTS) is 1. The molecule has 1 aromatic carbocycles. The third kappa shape index (κ3) is 3.58. The van der Waals surface area contributed by atoms with Crippen molar-refractivity contribution < 1.29 is 19.4 Å². The van der Waals surface area contributed by atoms with Crippen molar-refractivity contribution in [3.8, 4) is 11.5 Å². The van der Waals surface area contributed by atoms with Crippen LogP contribution in [-0.2, 0) is 4.79 Å². The first-order valence-electron chi connectivity index (χ1n) is 7.00. The van der Waals surface area contributed by atoms with Crippen molar-refractivity contribution in [3.05, 3.63) is 18.2 Å². The van der Waals surface area contributed by atoms with E-state index in [9.17, 15) is 4.79 Å². The number of hydrogen-bond acceptors (Lipinski definition) is 5. The van der Waals surface area contributed by atoms with Gasteiger partial charge in [-0.25, -0.2) is 0 Å². The largest absolute Gasteiger partial charge is 0.497 e. The van der Waals surface area contributed by atoms with Gasteiger partial charge in [0.2, 0.25) is 0 Å². The summed E-state index contributed by atoms with van der Waals surface area (Å²) in [7, 11) is 3.25. The maximum absolute atomic E-state index is 10.8. The first-order chi connectivity index (χ1) is 10.0. The molecule has 2 unspecified atom stereocenters. The normalized spacial score (nSPS) is 19.4. The van der Waals surface area contributed by atoms with E-state index in [1.807, 2.05) is 18.2 Å². The van der Waals surface area contributed by atoms with Gasteiger partial charge < -0.3 is 25.2 Å². The topological polar surface area (TPSA) is 85.0 Å². The first-order valence-corrected chi connectivity index (χ1v) is 7.00. The van der Waals surface area contributed by atoms with Gasteiger partial charge in [0.05, 0.1) is 19.9 Å². The van der Waals surface area contributed by atoms with E-state index in [1.165, 1.54) is 0 Å². The summed E-state index contributed by atoms with van der Waals surface area (Å²) >= 11 is 0. The zero-order chi connectivity index (χ0) is 15.4. The van der Waals surface area contributed by atoms with Gasteiger partial charge in [-0.3, -0.25) is 4.79 Å². The van der Waals surface area contributed by atoms with E-state index >= 15 is 0 Å². The van der Waals surface area contributed by atoms with Crippen molar-refractivity contribution in [2.24, 2.45) is 11.7 Å². The molecule has 2 rings (SSSR count). The summed E-state index contributed by atoms with van der Waals surface area (Å²) in [4.78, 5) is 13.0. The van der Waals surface area contributed by atoms with Crippen molar-refractivity contribution in [1.29, 1.82) is 0 Å². The molecule has 0 amide bonds. The highest BCUT2D eigenvalue weighted by molar-refractivity contribution is 5.73. The van der Waals surface area contributed by atoms with E-state index < -0.39 is 12.0 Å². The maximum Gasteiger partial charge on any atom is 0.320 e. The van der Waals surface area contributed by atoms with Crippen LogP contribution in [0.3, 0.4) is 0 Å². The molecule has 6 heteroatoms. The van der Waals surface area contributed by atoms with Gasteiger partial charge in [-0.2, -0.15) is 0 Å². The summed E-state index contributed by atoms with van der Waals surface area (Å²) < 4.78 is 10.6. The molecule has 0 saturated carbocycles. The number of rotatable bonds is 6. The molecule has 1 heterocycles. The number of nitrogens with zero attached hydrogens (tertiary/aromatic N) is 1. The monoisotopic (exact) mass is 294 g/mol. The van der Waals surface area contributed by atoms with Gasteiger partial charge in [-0.1, -0.05) is 0 Å². The fraction of sp³-hybridized carbons (Fsp3) is 0.533. The lowest BCUT2D eigenvalue weighted by molar-refractivity contribution is -0.138. The highest BCUT2D eigenvalue weighted by Crippen LogP contribution is 2.35. The van der Waals surface area contributed by atoms with Gasteiger partial charge >= 0.3 is 5.97 Å². The van der Waals surface area contributed by atoms with Crippen LogP contribution < -0.4 is 20.1 Å². The lowest BCUT2D eigenvalue weighted by Gasteiger charge is -2.22. The Hall–Kier alpha value is -1.95. The molecule has 21 heavy (non-hydrogen) atoms. The van der Waals surface area contributed by atoms with Crippen LogP contribution in [0.25, 0.3) is 0 Å². The zero-order valence-corrected chi connectivity index (χ0v) is 12.4. The summed E-state index contributed by atoms with van der Waals surface area (Å²) in [6.07, 6.45) is 1.44. The number of carboxylic acids is 1. The Balaban J connectivity index is 2.05. The lowest BCUT2D eigenvalue weighted by Crippen LogP contribution is -2.33. The molecule has 1 aliphatic heterocycles. The molecule has 1 saturated heterocycles. The van der Waals surface area contributed by atoms with Gasteiger partial charge in [0.25, 0.3) is 0 Å². The second-order valence-corrected chi connectivity index (χ2v) is 5.32. The molecule has 1 fully saturated rings. The van der Waals surface area contributed by atoms with Crippen LogP contribution in [0.15, 0.2) is 18.2 Å². The molecule has 1 aliphatic rings. The zero-order valence-electron chi connectivity index (χ0n) is 12.4. The molecule has 0 spiro atoms. The second-order valence-electron chi connectivity index (χ2n) is 5.32. The number of hydrogen-bond donors (Lipinski definition) is 2. The van der Waals surface area contributed by atoms with E-state index in [-0.39, 0.29) is 0 Å². The molecule has 0 aliphatic carbocycles. The van der Waals surface area contributed by atoms with Gasteiger partial charge in [0.15, 0.2) is 0 Å². The molecule has 116 valence electrons. The van der Waals surface area contributed by atoms with Gasteiger partial charge in [-0.05, 0) is 30.9 Å². The fourth-order valence-electron chi connectivity index (χ4n) is 2.75. The fourth-order valence-corrected chi connectivity index (χ4v) is 2.75. The number of methoxy groups -OCH3 is 2. The second kappa shape index (κ2) is 6.67. The molecule has 2 atom stereocenters. The highest BCUT2D eigenvalue weighted by atomic mass is 16.5. The molecule has 0 radical (unpaired) electrons. The van der Waals surface area contributed by atoms with E-state index in [0.717, 1.165) is 36.7 Å². The minimum atomic E-state index is -0.935. The molecular formula is C15H22N2O4. The molecule has 1 aromatic rings. The van der Waals surface area contributed by atoms with Gasteiger partial charge in [-0.15, -0.1) is 0 Å². The van der Waals surface area contributed by atoms with E-state index in [1.54, 1.807) is 14.2 Å². The third-order valence-corrected chi connectivity index (χ3v) is 3.92. The number of nitrogens with two attached hydrogens (primary N) is 1. The average molecular weight is 294 g/mol. The molecule has 6 nitrogen and oxygen atoms in total.